The molecule has 2 heterocycles. The highest BCUT2D eigenvalue weighted by Gasteiger charge is 2.26. The SMILES string of the molecule is Cc1ccccc1CCC(=O)N1CCC(n2c(Cc3ccccc3)nc3ccccc32)CC1. The highest BCUT2D eigenvalue weighted by molar-refractivity contribution is 5.77. The van der Waals surface area contributed by atoms with Gasteiger partial charge in [-0.2, -0.15) is 0 Å². The first kappa shape index (κ1) is 21.4. The molecule has 5 rings (SSSR count). The van der Waals surface area contributed by atoms with Gasteiger partial charge >= 0.3 is 0 Å². The maximum Gasteiger partial charge on any atom is 0.222 e. The van der Waals surface area contributed by atoms with Gasteiger partial charge in [-0.25, -0.2) is 4.98 Å². The Hall–Kier alpha value is -3.40. The van der Waals surface area contributed by atoms with Crippen molar-refractivity contribution in [2.75, 3.05) is 13.1 Å². The van der Waals surface area contributed by atoms with E-state index in [2.05, 4.69) is 95.3 Å². The smallest absolute Gasteiger partial charge is 0.222 e. The van der Waals surface area contributed by atoms with Crippen LogP contribution in [0, 0.1) is 6.92 Å². The second kappa shape index (κ2) is 9.62. The van der Waals surface area contributed by atoms with E-state index in [0.717, 1.165) is 50.1 Å². The largest absolute Gasteiger partial charge is 0.343 e. The Balaban J connectivity index is 1.28. The molecule has 1 aliphatic heterocycles. The molecule has 0 spiro atoms. The maximum absolute atomic E-state index is 12.9. The van der Waals surface area contributed by atoms with E-state index in [9.17, 15) is 4.79 Å². The number of carbonyl (C=O) groups excluding carboxylic acids is 1. The van der Waals surface area contributed by atoms with Crippen LogP contribution in [0.15, 0.2) is 78.9 Å². The summed E-state index contributed by atoms with van der Waals surface area (Å²) < 4.78 is 2.44. The summed E-state index contributed by atoms with van der Waals surface area (Å²) in [4.78, 5) is 20.0. The van der Waals surface area contributed by atoms with Gasteiger partial charge in [0.15, 0.2) is 0 Å². The highest BCUT2D eigenvalue weighted by atomic mass is 16.2. The molecule has 4 aromatic rings. The summed E-state index contributed by atoms with van der Waals surface area (Å²) in [5.41, 5.74) is 6.07. The van der Waals surface area contributed by atoms with Gasteiger partial charge in [0, 0.05) is 32.0 Å². The number of piperidine rings is 1. The molecule has 4 nitrogen and oxygen atoms in total. The van der Waals surface area contributed by atoms with E-state index >= 15 is 0 Å². The summed E-state index contributed by atoms with van der Waals surface area (Å²) >= 11 is 0. The summed E-state index contributed by atoms with van der Waals surface area (Å²) in [6.07, 6.45) is 4.17. The number of aromatic nitrogens is 2. The number of amides is 1. The topological polar surface area (TPSA) is 38.1 Å². The minimum Gasteiger partial charge on any atom is -0.343 e. The van der Waals surface area contributed by atoms with Crippen molar-refractivity contribution in [2.24, 2.45) is 0 Å². The Kier molecular flexibility index (Phi) is 6.25. The molecule has 168 valence electrons. The summed E-state index contributed by atoms with van der Waals surface area (Å²) in [5.74, 6) is 1.39. The molecule has 0 unspecified atom stereocenters. The van der Waals surface area contributed by atoms with E-state index in [4.69, 9.17) is 4.98 Å². The van der Waals surface area contributed by atoms with Gasteiger partial charge in [-0.1, -0.05) is 66.7 Å². The number of hydrogen-bond donors (Lipinski definition) is 0. The van der Waals surface area contributed by atoms with Crippen LogP contribution in [-0.4, -0.2) is 33.4 Å². The number of likely N-dealkylation sites (tertiary alicyclic amines) is 1. The fourth-order valence-corrected chi connectivity index (χ4v) is 5.07. The second-order valence-corrected chi connectivity index (χ2v) is 9.09. The number of aryl methyl sites for hydroxylation is 2. The van der Waals surface area contributed by atoms with Crippen molar-refractivity contribution in [3.63, 3.8) is 0 Å². The van der Waals surface area contributed by atoms with Gasteiger partial charge in [-0.15, -0.1) is 0 Å². The molecule has 1 fully saturated rings. The second-order valence-electron chi connectivity index (χ2n) is 9.09. The zero-order chi connectivity index (χ0) is 22.6. The molecule has 0 aliphatic carbocycles. The third kappa shape index (κ3) is 4.70. The van der Waals surface area contributed by atoms with Crippen LogP contribution in [0.5, 0.6) is 0 Å². The predicted octanol–water partition coefficient (Wildman–Crippen LogP) is 5.73. The average molecular weight is 438 g/mol. The van der Waals surface area contributed by atoms with Gasteiger partial charge < -0.3 is 9.47 Å². The molecule has 0 saturated carbocycles. The zero-order valence-electron chi connectivity index (χ0n) is 19.3. The van der Waals surface area contributed by atoms with Crippen molar-refractivity contribution in [1.29, 1.82) is 0 Å². The first-order valence-electron chi connectivity index (χ1n) is 12.0. The quantitative estimate of drug-likeness (QED) is 0.386. The molecule has 0 radical (unpaired) electrons. The standard InChI is InChI=1S/C29H31N3O/c1-22-9-5-6-12-24(22)15-16-29(33)31-19-17-25(18-20-31)32-27-14-8-7-13-26(27)30-28(32)21-23-10-3-2-4-11-23/h2-14,25H,15-21H2,1H3. The number of rotatable bonds is 6. The van der Waals surface area contributed by atoms with Crippen molar-refractivity contribution in [2.45, 2.75) is 45.1 Å². The number of hydrogen-bond acceptors (Lipinski definition) is 2. The lowest BCUT2D eigenvalue weighted by Gasteiger charge is -2.34. The third-order valence-corrected chi connectivity index (χ3v) is 6.93. The fraction of sp³-hybridized carbons (Fsp3) is 0.310. The third-order valence-electron chi connectivity index (χ3n) is 6.93. The summed E-state index contributed by atoms with van der Waals surface area (Å²) in [5, 5.41) is 0. The van der Waals surface area contributed by atoms with E-state index in [-0.39, 0.29) is 5.91 Å². The number of carbonyl (C=O) groups is 1. The molecule has 1 aromatic heterocycles. The number of imidazole rings is 1. The molecule has 1 aliphatic rings. The summed E-state index contributed by atoms with van der Waals surface area (Å²) in [7, 11) is 0. The van der Waals surface area contributed by atoms with Crippen LogP contribution in [-0.2, 0) is 17.6 Å². The van der Waals surface area contributed by atoms with Crippen LogP contribution >= 0.6 is 0 Å². The Bertz CT molecular complexity index is 1240. The lowest BCUT2D eigenvalue weighted by atomic mass is 10.0. The number of para-hydroxylation sites is 2. The maximum atomic E-state index is 12.9. The van der Waals surface area contributed by atoms with Crippen LogP contribution in [0.2, 0.25) is 0 Å². The molecular formula is C29H31N3O. The monoisotopic (exact) mass is 437 g/mol. The lowest BCUT2D eigenvalue weighted by Crippen LogP contribution is -2.39. The number of fused-ring (bicyclic) bond motifs is 1. The van der Waals surface area contributed by atoms with Crippen molar-refractivity contribution < 1.29 is 4.79 Å². The van der Waals surface area contributed by atoms with E-state index in [1.807, 2.05) is 0 Å². The van der Waals surface area contributed by atoms with Gasteiger partial charge in [0.2, 0.25) is 5.91 Å². The Labute approximate surface area is 195 Å². The minimum absolute atomic E-state index is 0.275. The van der Waals surface area contributed by atoms with E-state index < -0.39 is 0 Å². The van der Waals surface area contributed by atoms with Crippen molar-refractivity contribution >= 4 is 16.9 Å². The molecule has 0 atom stereocenters. The number of nitrogens with zero attached hydrogens (tertiary/aromatic N) is 3. The molecule has 0 bridgehead atoms. The molecule has 1 amide bonds. The van der Waals surface area contributed by atoms with Crippen LogP contribution in [0.3, 0.4) is 0 Å². The highest BCUT2D eigenvalue weighted by Crippen LogP contribution is 2.30. The van der Waals surface area contributed by atoms with Gasteiger partial charge in [0.05, 0.1) is 11.0 Å². The molecule has 1 saturated heterocycles. The van der Waals surface area contributed by atoms with E-state index in [1.54, 1.807) is 0 Å². The Morgan fingerprint density at radius 2 is 1.61 bits per heavy atom. The van der Waals surface area contributed by atoms with Gasteiger partial charge in [0.1, 0.15) is 5.82 Å². The molecule has 33 heavy (non-hydrogen) atoms. The Morgan fingerprint density at radius 1 is 0.909 bits per heavy atom. The molecule has 3 aromatic carbocycles. The fourth-order valence-electron chi connectivity index (χ4n) is 5.07. The minimum atomic E-state index is 0.275. The molecule has 0 N–H and O–H groups in total. The first-order chi connectivity index (χ1) is 16.2. The molecular weight excluding hydrogens is 406 g/mol. The van der Waals surface area contributed by atoms with Gasteiger partial charge in [0.25, 0.3) is 0 Å². The van der Waals surface area contributed by atoms with Crippen LogP contribution in [0.1, 0.15) is 47.8 Å². The van der Waals surface area contributed by atoms with Gasteiger partial charge in [-0.05, 0) is 55.0 Å². The summed E-state index contributed by atoms with van der Waals surface area (Å²) in [6.45, 7) is 3.75. The van der Waals surface area contributed by atoms with Crippen LogP contribution < -0.4 is 0 Å². The average Bonchev–Trinajstić information content (AvgIpc) is 3.22. The van der Waals surface area contributed by atoms with Crippen molar-refractivity contribution in [3.05, 3.63) is 101 Å². The van der Waals surface area contributed by atoms with Crippen molar-refractivity contribution in [1.82, 2.24) is 14.5 Å². The normalized spacial score (nSPS) is 14.6. The van der Waals surface area contributed by atoms with E-state index in [1.165, 1.54) is 22.2 Å². The predicted molar refractivity (Wildman–Crippen MR) is 133 cm³/mol. The van der Waals surface area contributed by atoms with E-state index in [0.29, 0.717) is 12.5 Å². The van der Waals surface area contributed by atoms with Crippen LogP contribution in [0.4, 0.5) is 0 Å². The molecule has 4 heteroatoms. The summed E-state index contributed by atoms with van der Waals surface area (Å²) in [6, 6.07) is 27.7. The first-order valence-corrected chi connectivity index (χ1v) is 12.0. The number of benzene rings is 3. The lowest BCUT2D eigenvalue weighted by molar-refractivity contribution is -0.132. The van der Waals surface area contributed by atoms with Crippen molar-refractivity contribution in [3.8, 4) is 0 Å². The zero-order valence-corrected chi connectivity index (χ0v) is 19.3. The van der Waals surface area contributed by atoms with Gasteiger partial charge in [-0.3, -0.25) is 4.79 Å². The van der Waals surface area contributed by atoms with Crippen LogP contribution in [0.25, 0.3) is 11.0 Å². The Morgan fingerprint density at radius 3 is 2.39 bits per heavy atom.